The number of halogens is 2. The summed E-state index contributed by atoms with van der Waals surface area (Å²) in [6.07, 6.45) is 14.8. The molecule has 1 aromatic carbocycles. The van der Waals surface area contributed by atoms with Gasteiger partial charge in [0.2, 0.25) is 0 Å². The van der Waals surface area contributed by atoms with Gasteiger partial charge < -0.3 is 11.2 Å². The molecule has 26 heavy (non-hydrogen) atoms. The largest absolute Gasteiger partial charge is 1.00 e. The maximum absolute atomic E-state index is 13.9. The van der Waals surface area contributed by atoms with Crippen LogP contribution in [-0.2, 0) is 13.1 Å². The third-order valence-electron chi connectivity index (χ3n) is 6.88. The van der Waals surface area contributed by atoms with Crippen molar-refractivity contribution in [1.82, 2.24) is 0 Å². The van der Waals surface area contributed by atoms with Gasteiger partial charge in [0.1, 0.15) is 24.3 Å². The number of hydrogen-bond acceptors (Lipinski definition) is 1. The van der Waals surface area contributed by atoms with Crippen LogP contribution in [0.4, 0.5) is 8.78 Å². The summed E-state index contributed by atoms with van der Waals surface area (Å²) in [6.45, 7) is -0.785. The Balaban J connectivity index is 0.00000196. The molecule has 138 valence electrons. The molecule has 2 aliphatic carbocycles. The Morgan fingerprint density at radius 1 is 0.923 bits per heavy atom. The number of hydrogen-bond donors (Lipinski definition) is 0. The van der Waals surface area contributed by atoms with Crippen molar-refractivity contribution in [3.05, 3.63) is 35.5 Å². The third-order valence-corrected chi connectivity index (χ3v) is 6.88. The van der Waals surface area contributed by atoms with Crippen molar-refractivity contribution in [1.29, 1.82) is 0 Å². The van der Waals surface area contributed by atoms with E-state index in [-0.39, 0.29) is 69.9 Å². The molecule has 1 unspecified atom stereocenters. The van der Waals surface area contributed by atoms with E-state index in [1.807, 2.05) is 0 Å². The molecule has 1 heterocycles. The van der Waals surface area contributed by atoms with Gasteiger partial charge >= 0.3 is 58.2 Å². The maximum Gasteiger partial charge on any atom is 1.00 e. The quantitative estimate of drug-likeness (QED) is 0.666. The first-order valence-electron chi connectivity index (χ1n) is 10.1. The number of ether oxygens (including phenoxy) is 1. The number of fused-ring (bicyclic) bond motifs is 1. The molecule has 0 bridgehead atoms. The van der Waals surface area contributed by atoms with E-state index < -0.39 is 12.5 Å². The van der Waals surface area contributed by atoms with Crippen LogP contribution < -0.4 is 62.9 Å². The standard InChI is InChI=1S/C22H29F2O.Rb/c23-14-19-20(24)12-10-18-11-13-21(25-22(18)19)17-8-6-16(7-9-17)15-4-2-1-3-5-15;/h1,10,12,15-17,21H,2-9,11,13-14H2;/q-1;+1. The summed E-state index contributed by atoms with van der Waals surface area (Å²) in [4.78, 5) is 0. The minimum absolute atomic E-state index is 0. The Morgan fingerprint density at radius 3 is 2.27 bits per heavy atom. The molecule has 1 aromatic rings. The van der Waals surface area contributed by atoms with Crippen molar-refractivity contribution in [3.63, 3.8) is 0 Å². The first kappa shape index (κ1) is 21.4. The van der Waals surface area contributed by atoms with Crippen LogP contribution >= 0.6 is 0 Å². The van der Waals surface area contributed by atoms with Gasteiger partial charge in [-0.25, -0.2) is 8.78 Å². The van der Waals surface area contributed by atoms with Crippen molar-refractivity contribution in [2.75, 3.05) is 0 Å². The second-order valence-electron chi connectivity index (χ2n) is 8.22. The van der Waals surface area contributed by atoms with E-state index in [9.17, 15) is 8.78 Å². The van der Waals surface area contributed by atoms with Gasteiger partial charge in [0.15, 0.2) is 0 Å². The summed E-state index contributed by atoms with van der Waals surface area (Å²) in [5, 5.41) is 0. The zero-order chi connectivity index (χ0) is 17.2. The monoisotopic (exact) mass is 432 g/mol. The maximum atomic E-state index is 13.9. The fourth-order valence-electron chi connectivity index (χ4n) is 5.37. The Kier molecular flexibility index (Phi) is 8.18. The number of aryl methyl sites for hydroxylation is 1. The van der Waals surface area contributed by atoms with Crippen LogP contribution in [-0.4, -0.2) is 6.10 Å². The van der Waals surface area contributed by atoms with E-state index >= 15 is 0 Å². The first-order chi connectivity index (χ1) is 12.3. The number of benzene rings is 1. The molecule has 0 aromatic heterocycles. The molecule has 1 aliphatic heterocycles. The van der Waals surface area contributed by atoms with Gasteiger partial charge in [-0.05, 0) is 67.9 Å². The number of rotatable bonds is 3. The minimum atomic E-state index is -0.785. The Morgan fingerprint density at radius 2 is 1.58 bits per heavy atom. The van der Waals surface area contributed by atoms with Gasteiger partial charge in [0, 0.05) is 0 Å². The summed E-state index contributed by atoms with van der Waals surface area (Å²) in [7, 11) is 0. The molecule has 3 aliphatic rings. The molecule has 1 nitrogen and oxygen atoms in total. The van der Waals surface area contributed by atoms with E-state index in [0.29, 0.717) is 11.7 Å². The van der Waals surface area contributed by atoms with Crippen LogP contribution in [0.2, 0.25) is 0 Å². The molecule has 2 fully saturated rings. The molecule has 1 atom stereocenters. The average Bonchev–Trinajstić information content (AvgIpc) is 2.68. The molecule has 0 radical (unpaired) electrons. The van der Waals surface area contributed by atoms with Crippen LogP contribution in [0.1, 0.15) is 68.9 Å². The molecular weight excluding hydrogens is 404 g/mol. The molecule has 4 heteroatoms. The van der Waals surface area contributed by atoms with Gasteiger partial charge in [-0.2, -0.15) is 12.8 Å². The summed E-state index contributed by atoms with van der Waals surface area (Å²) >= 11 is 0. The molecule has 2 saturated carbocycles. The average molecular weight is 433 g/mol. The minimum Gasteiger partial charge on any atom is -0.489 e. The fraction of sp³-hybridized carbons (Fsp3) is 0.682. The van der Waals surface area contributed by atoms with Crippen molar-refractivity contribution in [2.24, 2.45) is 17.8 Å². The third kappa shape index (κ3) is 4.63. The molecule has 0 spiro atoms. The van der Waals surface area contributed by atoms with Gasteiger partial charge in [0.25, 0.3) is 0 Å². The summed E-state index contributed by atoms with van der Waals surface area (Å²) in [6, 6.07) is 3.14. The molecule has 0 amide bonds. The Labute approximate surface area is 205 Å². The number of alkyl halides is 1. The van der Waals surface area contributed by atoms with Gasteiger partial charge in [-0.1, -0.05) is 18.9 Å². The predicted molar refractivity (Wildman–Crippen MR) is 95.7 cm³/mol. The van der Waals surface area contributed by atoms with E-state index in [4.69, 9.17) is 4.74 Å². The first-order valence-corrected chi connectivity index (χ1v) is 10.1. The van der Waals surface area contributed by atoms with Gasteiger partial charge in [-0.3, -0.25) is 0 Å². The zero-order valence-corrected chi connectivity index (χ0v) is 20.9. The van der Waals surface area contributed by atoms with Crippen molar-refractivity contribution in [2.45, 2.75) is 77.0 Å². The van der Waals surface area contributed by atoms with Crippen molar-refractivity contribution >= 4 is 0 Å². The molecule has 4 rings (SSSR count). The SMILES string of the molecule is FCc1c(F)ccc2c1OC(C1CCC(C3CC[CH-]CC3)CC1)CC2.[Rb+]. The van der Waals surface area contributed by atoms with E-state index in [1.165, 1.54) is 57.4 Å². The molecule has 0 saturated heterocycles. The van der Waals surface area contributed by atoms with Crippen LogP contribution in [0.25, 0.3) is 0 Å². The molecule has 0 N–H and O–H groups in total. The summed E-state index contributed by atoms with van der Waals surface area (Å²) in [5.74, 6) is 2.39. The topological polar surface area (TPSA) is 9.23 Å². The molecular formula is C22H29F2ORb. The smallest absolute Gasteiger partial charge is 0.489 e. The van der Waals surface area contributed by atoms with Gasteiger partial charge in [0.05, 0.1) is 5.56 Å². The predicted octanol–water partition coefficient (Wildman–Crippen LogP) is 3.19. The second-order valence-corrected chi connectivity index (χ2v) is 8.22. The zero-order valence-electron chi connectivity index (χ0n) is 16.0. The fourth-order valence-corrected chi connectivity index (χ4v) is 5.37. The van der Waals surface area contributed by atoms with Crippen LogP contribution in [0, 0.1) is 30.0 Å². The van der Waals surface area contributed by atoms with Crippen LogP contribution in [0.5, 0.6) is 5.75 Å². The van der Waals surface area contributed by atoms with Crippen LogP contribution in [0.3, 0.4) is 0 Å². The summed E-state index contributed by atoms with van der Waals surface area (Å²) < 4.78 is 33.3. The van der Waals surface area contributed by atoms with E-state index in [0.717, 1.165) is 30.2 Å². The van der Waals surface area contributed by atoms with Crippen molar-refractivity contribution < 1.29 is 71.7 Å². The van der Waals surface area contributed by atoms with Crippen molar-refractivity contribution in [3.8, 4) is 5.75 Å². The summed E-state index contributed by atoms with van der Waals surface area (Å²) in [5.41, 5.74) is 1.09. The Bertz CT molecular complexity index is 592. The van der Waals surface area contributed by atoms with E-state index in [2.05, 4.69) is 6.42 Å². The van der Waals surface area contributed by atoms with Crippen LogP contribution in [0.15, 0.2) is 12.1 Å². The Hall–Kier alpha value is 0.685. The van der Waals surface area contributed by atoms with Gasteiger partial charge in [-0.15, -0.1) is 0 Å². The van der Waals surface area contributed by atoms with E-state index in [1.54, 1.807) is 6.07 Å². The normalized spacial score (nSPS) is 29.4. The second kappa shape index (κ2) is 9.94.